The van der Waals surface area contributed by atoms with E-state index >= 15 is 0 Å². The Morgan fingerprint density at radius 3 is 2.39 bits per heavy atom. The smallest absolute Gasteiger partial charge is 0.223 e. The lowest BCUT2D eigenvalue weighted by atomic mass is 10.1. The normalized spacial score (nSPS) is 10.8. The maximum absolute atomic E-state index is 12.6. The van der Waals surface area contributed by atoms with Gasteiger partial charge < -0.3 is 10.0 Å². The molecule has 122 valence electrons. The van der Waals surface area contributed by atoms with Gasteiger partial charge in [0.2, 0.25) is 5.91 Å². The Morgan fingerprint density at radius 1 is 1.09 bits per heavy atom. The summed E-state index contributed by atoms with van der Waals surface area (Å²) >= 11 is 0. The minimum atomic E-state index is 0.162. The molecule has 0 aliphatic heterocycles. The van der Waals surface area contributed by atoms with Gasteiger partial charge in [0.1, 0.15) is 5.75 Å². The van der Waals surface area contributed by atoms with Crippen LogP contribution in [-0.4, -0.2) is 22.0 Å². The molecule has 3 heteroatoms. The molecule has 2 aromatic carbocycles. The highest BCUT2D eigenvalue weighted by atomic mass is 16.3. The van der Waals surface area contributed by atoms with E-state index in [0.29, 0.717) is 19.4 Å². The Balaban J connectivity index is 1.99. The standard InChI is InChI=1S/C20H25NO2/c1-15(2)21(14-18-6-4-5-16(3)13-18)20(23)12-9-17-7-10-19(22)11-8-17/h4-8,10-11,13,15,22H,9,12,14H2,1-3H3. The maximum atomic E-state index is 12.6. The van der Waals surface area contributed by atoms with Crippen molar-refractivity contribution in [3.63, 3.8) is 0 Å². The average Bonchev–Trinajstić information content (AvgIpc) is 2.51. The molecular formula is C20H25NO2. The zero-order chi connectivity index (χ0) is 16.8. The van der Waals surface area contributed by atoms with Crippen molar-refractivity contribution in [3.8, 4) is 5.75 Å². The van der Waals surface area contributed by atoms with Gasteiger partial charge in [0, 0.05) is 19.0 Å². The monoisotopic (exact) mass is 311 g/mol. The minimum Gasteiger partial charge on any atom is -0.508 e. The van der Waals surface area contributed by atoms with E-state index in [-0.39, 0.29) is 17.7 Å². The predicted octanol–water partition coefficient (Wildman–Crippen LogP) is 4.07. The van der Waals surface area contributed by atoms with Crippen LogP contribution >= 0.6 is 0 Å². The summed E-state index contributed by atoms with van der Waals surface area (Å²) in [7, 11) is 0. The molecule has 0 fully saturated rings. The molecular weight excluding hydrogens is 286 g/mol. The van der Waals surface area contributed by atoms with Crippen molar-refractivity contribution in [2.24, 2.45) is 0 Å². The summed E-state index contributed by atoms with van der Waals surface area (Å²) in [6.45, 7) is 6.81. The molecule has 1 amide bonds. The summed E-state index contributed by atoms with van der Waals surface area (Å²) < 4.78 is 0. The SMILES string of the molecule is Cc1cccc(CN(C(=O)CCc2ccc(O)cc2)C(C)C)c1. The molecule has 0 aromatic heterocycles. The highest BCUT2D eigenvalue weighted by molar-refractivity contribution is 5.76. The van der Waals surface area contributed by atoms with E-state index < -0.39 is 0 Å². The second kappa shape index (κ2) is 7.82. The van der Waals surface area contributed by atoms with Crippen molar-refractivity contribution in [1.82, 2.24) is 4.90 Å². The average molecular weight is 311 g/mol. The molecule has 1 N–H and O–H groups in total. The molecule has 0 unspecified atom stereocenters. The fraction of sp³-hybridized carbons (Fsp3) is 0.350. The Bertz CT molecular complexity index is 647. The van der Waals surface area contributed by atoms with Gasteiger partial charge in [0.25, 0.3) is 0 Å². The second-order valence-electron chi connectivity index (χ2n) is 6.27. The van der Waals surface area contributed by atoms with E-state index in [4.69, 9.17) is 0 Å². The molecule has 23 heavy (non-hydrogen) atoms. The highest BCUT2D eigenvalue weighted by Gasteiger charge is 2.17. The van der Waals surface area contributed by atoms with Gasteiger partial charge in [-0.1, -0.05) is 42.0 Å². The summed E-state index contributed by atoms with van der Waals surface area (Å²) in [6.07, 6.45) is 1.17. The number of aryl methyl sites for hydroxylation is 2. The van der Waals surface area contributed by atoms with Crippen molar-refractivity contribution >= 4 is 5.91 Å². The number of carbonyl (C=O) groups excluding carboxylic acids is 1. The Kier molecular flexibility index (Phi) is 5.80. The van der Waals surface area contributed by atoms with Crippen LogP contribution in [0.15, 0.2) is 48.5 Å². The number of phenols is 1. The summed E-state index contributed by atoms with van der Waals surface area (Å²) in [5.74, 6) is 0.415. The highest BCUT2D eigenvalue weighted by Crippen LogP contribution is 2.15. The summed E-state index contributed by atoms with van der Waals surface area (Å²) in [5.41, 5.74) is 3.44. The first-order valence-electron chi connectivity index (χ1n) is 8.08. The van der Waals surface area contributed by atoms with Gasteiger partial charge in [-0.25, -0.2) is 0 Å². The van der Waals surface area contributed by atoms with Crippen LogP contribution in [0.1, 0.15) is 37.0 Å². The Labute approximate surface area is 138 Å². The van der Waals surface area contributed by atoms with Gasteiger partial charge in [-0.3, -0.25) is 4.79 Å². The van der Waals surface area contributed by atoms with Crippen molar-refractivity contribution in [3.05, 3.63) is 65.2 Å². The van der Waals surface area contributed by atoms with Gasteiger partial charge in [0.15, 0.2) is 0 Å². The lowest BCUT2D eigenvalue weighted by molar-refractivity contribution is -0.133. The van der Waals surface area contributed by atoms with E-state index in [1.807, 2.05) is 36.9 Å². The molecule has 0 heterocycles. The fourth-order valence-electron chi connectivity index (χ4n) is 2.62. The van der Waals surface area contributed by atoms with Gasteiger partial charge in [-0.05, 0) is 50.5 Å². The number of carbonyl (C=O) groups is 1. The van der Waals surface area contributed by atoms with E-state index in [0.717, 1.165) is 11.1 Å². The first-order valence-corrected chi connectivity index (χ1v) is 8.08. The van der Waals surface area contributed by atoms with E-state index in [9.17, 15) is 9.90 Å². The zero-order valence-corrected chi connectivity index (χ0v) is 14.1. The number of nitrogens with zero attached hydrogens (tertiary/aromatic N) is 1. The van der Waals surface area contributed by atoms with Gasteiger partial charge in [-0.15, -0.1) is 0 Å². The third-order valence-electron chi connectivity index (χ3n) is 3.94. The molecule has 3 nitrogen and oxygen atoms in total. The summed E-state index contributed by atoms with van der Waals surface area (Å²) in [5, 5.41) is 9.31. The van der Waals surface area contributed by atoms with Crippen molar-refractivity contribution in [2.45, 2.75) is 46.2 Å². The lowest BCUT2D eigenvalue weighted by Crippen LogP contribution is -2.36. The number of phenolic OH excluding ortho intramolecular Hbond substituents is 1. The molecule has 0 atom stereocenters. The molecule has 2 aromatic rings. The van der Waals surface area contributed by atoms with Crippen LogP contribution in [0.25, 0.3) is 0 Å². The second-order valence-corrected chi connectivity index (χ2v) is 6.27. The van der Waals surface area contributed by atoms with E-state index in [2.05, 4.69) is 25.1 Å². The number of hydrogen-bond donors (Lipinski definition) is 1. The van der Waals surface area contributed by atoms with Crippen molar-refractivity contribution in [2.75, 3.05) is 0 Å². The predicted molar refractivity (Wildman–Crippen MR) is 93.3 cm³/mol. The quantitative estimate of drug-likeness (QED) is 0.873. The molecule has 0 saturated carbocycles. The number of benzene rings is 2. The number of hydrogen-bond acceptors (Lipinski definition) is 2. The topological polar surface area (TPSA) is 40.5 Å². The van der Waals surface area contributed by atoms with Crippen LogP contribution in [0.3, 0.4) is 0 Å². The number of amides is 1. The molecule has 0 radical (unpaired) electrons. The molecule has 2 rings (SSSR count). The molecule has 0 bridgehead atoms. The zero-order valence-electron chi connectivity index (χ0n) is 14.1. The van der Waals surface area contributed by atoms with Crippen LogP contribution < -0.4 is 0 Å². The van der Waals surface area contributed by atoms with Crippen LogP contribution in [0.4, 0.5) is 0 Å². The molecule has 0 aliphatic carbocycles. The Morgan fingerprint density at radius 2 is 1.78 bits per heavy atom. The minimum absolute atomic E-state index is 0.162. The maximum Gasteiger partial charge on any atom is 0.223 e. The van der Waals surface area contributed by atoms with Gasteiger partial charge in [-0.2, -0.15) is 0 Å². The van der Waals surface area contributed by atoms with Crippen molar-refractivity contribution < 1.29 is 9.90 Å². The largest absolute Gasteiger partial charge is 0.508 e. The van der Waals surface area contributed by atoms with Crippen LogP contribution in [0, 0.1) is 6.92 Å². The molecule has 0 saturated heterocycles. The van der Waals surface area contributed by atoms with Gasteiger partial charge >= 0.3 is 0 Å². The lowest BCUT2D eigenvalue weighted by Gasteiger charge is -2.27. The van der Waals surface area contributed by atoms with Crippen LogP contribution in [0.5, 0.6) is 5.75 Å². The number of rotatable bonds is 6. The third kappa shape index (κ3) is 5.13. The first kappa shape index (κ1) is 17.1. The molecule has 0 spiro atoms. The van der Waals surface area contributed by atoms with E-state index in [1.54, 1.807) is 12.1 Å². The first-order chi connectivity index (χ1) is 11.0. The Hall–Kier alpha value is -2.29. The van der Waals surface area contributed by atoms with Crippen LogP contribution in [-0.2, 0) is 17.8 Å². The number of aromatic hydroxyl groups is 1. The fourth-order valence-corrected chi connectivity index (χ4v) is 2.62. The third-order valence-corrected chi connectivity index (χ3v) is 3.94. The summed E-state index contributed by atoms with van der Waals surface area (Å²) in [4.78, 5) is 14.5. The van der Waals surface area contributed by atoms with Crippen LogP contribution in [0.2, 0.25) is 0 Å². The van der Waals surface area contributed by atoms with E-state index in [1.165, 1.54) is 5.56 Å². The summed E-state index contributed by atoms with van der Waals surface area (Å²) in [6, 6.07) is 15.5. The van der Waals surface area contributed by atoms with Crippen molar-refractivity contribution in [1.29, 1.82) is 0 Å². The molecule has 0 aliphatic rings. The van der Waals surface area contributed by atoms with Gasteiger partial charge in [0.05, 0.1) is 0 Å².